The van der Waals surface area contributed by atoms with E-state index in [9.17, 15) is 4.39 Å². The number of halogens is 2. The molecule has 0 atom stereocenters. The highest BCUT2D eigenvalue weighted by Crippen LogP contribution is 2.29. The van der Waals surface area contributed by atoms with Gasteiger partial charge in [0.2, 0.25) is 0 Å². The third kappa shape index (κ3) is 3.72. The van der Waals surface area contributed by atoms with E-state index >= 15 is 0 Å². The van der Waals surface area contributed by atoms with Gasteiger partial charge in [-0.15, -0.1) is 22.6 Å². The summed E-state index contributed by atoms with van der Waals surface area (Å²) in [5, 5.41) is 13.4. The summed E-state index contributed by atoms with van der Waals surface area (Å²) in [6.07, 6.45) is 3.39. The van der Waals surface area contributed by atoms with Crippen molar-refractivity contribution in [3.63, 3.8) is 0 Å². The molecule has 5 nitrogen and oxygen atoms in total. The smallest absolute Gasteiger partial charge is 0.197 e. The van der Waals surface area contributed by atoms with E-state index in [2.05, 4.69) is 20.5 Å². The lowest BCUT2D eigenvalue weighted by molar-refractivity contribution is 0.434. The maximum atomic E-state index is 12.8. The van der Waals surface area contributed by atoms with Crippen molar-refractivity contribution >= 4 is 24.2 Å². The van der Waals surface area contributed by atoms with Crippen LogP contribution in [0.2, 0.25) is 0 Å². The van der Waals surface area contributed by atoms with E-state index < -0.39 is 0 Å². The first-order chi connectivity index (χ1) is 9.74. The molecule has 0 aliphatic carbocycles. The number of aromatic nitrogens is 4. The van der Waals surface area contributed by atoms with Gasteiger partial charge in [0.1, 0.15) is 16.7 Å². The number of nitrogens with zero attached hydrogens (tertiary/aromatic N) is 4. The molecule has 0 aromatic carbocycles. The van der Waals surface area contributed by atoms with Crippen LogP contribution in [0.5, 0.6) is 0 Å². The van der Waals surface area contributed by atoms with Crippen LogP contribution in [0.15, 0.2) is 28.5 Å². The Hall–Kier alpha value is -1.18. The average Bonchev–Trinajstić information content (AvgIpc) is 2.84. The monoisotopic (exact) mass is 329 g/mol. The molecule has 3 heterocycles. The summed E-state index contributed by atoms with van der Waals surface area (Å²) in [5.74, 6) is 1.16. The number of rotatable bonds is 3. The van der Waals surface area contributed by atoms with Crippen LogP contribution in [0.1, 0.15) is 24.6 Å². The van der Waals surface area contributed by atoms with E-state index in [-0.39, 0.29) is 18.2 Å². The van der Waals surface area contributed by atoms with Crippen LogP contribution in [0.3, 0.4) is 0 Å². The molecular weight excluding hydrogens is 313 g/mol. The first kappa shape index (κ1) is 16.2. The van der Waals surface area contributed by atoms with Crippen molar-refractivity contribution in [1.82, 2.24) is 25.1 Å². The predicted octanol–water partition coefficient (Wildman–Crippen LogP) is 2.39. The molecule has 2 aromatic rings. The van der Waals surface area contributed by atoms with Gasteiger partial charge < -0.3 is 9.88 Å². The van der Waals surface area contributed by atoms with Crippen molar-refractivity contribution in [1.29, 1.82) is 0 Å². The summed E-state index contributed by atoms with van der Waals surface area (Å²) in [7, 11) is 1.98. The first-order valence-electron chi connectivity index (χ1n) is 6.63. The van der Waals surface area contributed by atoms with Gasteiger partial charge >= 0.3 is 0 Å². The molecule has 114 valence electrons. The topological polar surface area (TPSA) is 55.6 Å². The van der Waals surface area contributed by atoms with Crippen molar-refractivity contribution < 1.29 is 4.39 Å². The van der Waals surface area contributed by atoms with Crippen LogP contribution in [-0.2, 0) is 7.05 Å². The molecule has 0 spiro atoms. The number of nitrogens with one attached hydrogen (secondary N) is 1. The Morgan fingerprint density at radius 3 is 2.71 bits per heavy atom. The molecule has 3 rings (SSSR count). The molecule has 2 aromatic heterocycles. The zero-order valence-electron chi connectivity index (χ0n) is 11.6. The van der Waals surface area contributed by atoms with E-state index in [4.69, 9.17) is 0 Å². The highest BCUT2D eigenvalue weighted by Gasteiger charge is 2.21. The molecule has 0 unspecified atom stereocenters. The van der Waals surface area contributed by atoms with E-state index in [0.29, 0.717) is 5.92 Å². The standard InChI is InChI=1S/C13H16FN5S.ClH/c1-19-12(9-4-6-15-7-5-9)17-18-13(19)20-11-3-2-10(14)8-16-11;/h2-3,8-9,15H,4-7H2,1H3;1H. The summed E-state index contributed by atoms with van der Waals surface area (Å²) in [6.45, 7) is 2.05. The molecule has 1 aliphatic heterocycles. The minimum atomic E-state index is -0.331. The second kappa shape index (κ2) is 7.20. The molecular formula is C13H17ClFN5S. The van der Waals surface area contributed by atoms with E-state index in [0.717, 1.165) is 41.9 Å². The number of piperidine rings is 1. The Bertz CT molecular complexity index is 583. The van der Waals surface area contributed by atoms with Crippen LogP contribution in [0.25, 0.3) is 0 Å². The molecule has 1 N–H and O–H groups in total. The van der Waals surface area contributed by atoms with Gasteiger partial charge in [-0.25, -0.2) is 9.37 Å². The fraction of sp³-hybridized carbons (Fsp3) is 0.462. The molecule has 0 saturated carbocycles. The minimum absolute atomic E-state index is 0. The second-order valence-electron chi connectivity index (χ2n) is 4.84. The van der Waals surface area contributed by atoms with Crippen LogP contribution < -0.4 is 5.32 Å². The van der Waals surface area contributed by atoms with Crippen LogP contribution in [0, 0.1) is 5.82 Å². The van der Waals surface area contributed by atoms with Gasteiger partial charge in [0, 0.05) is 13.0 Å². The maximum absolute atomic E-state index is 12.8. The maximum Gasteiger partial charge on any atom is 0.197 e. The molecule has 1 aliphatic rings. The summed E-state index contributed by atoms with van der Waals surface area (Å²) in [5.41, 5.74) is 0. The number of hydrogen-bond acceptors (Lipinski definition) is 5. The lowest BCUT2D eigenvalue weighted by atomic mass is 9.97. The van der Waals surface area contributed by atoms with Crippen LogP contribution in [0.4, 0.5) is 4.39 Å². The van der Waals surface area contributed by atoms with Crippen LogP contribution in [-0.4, -0.2) is 32.8 Å². The normalized spacial score (nSPS) is 15.7. The molecule has 0 bridgehead atoms. The summed E-state index contributed by atoms with van der Waals surface area (Å²) >= 11 is 1.40. The second-order valence-corrected chi connectivity index (χ2v) is 5.83. The van der Waals surface area contributed by atoms with Crippen molar-refractivity contribution in [3.8, 4) is 0 Å². The molecule has 1 fully saturated rings. The predicted molar refractivity (Wildman–Crippen MR) is 81.4 cm³/mol. The van der Waals surface area contributed by atoms with Crippen molar-refractivity contribution in [2.75, 3.05) is 13.1 Å². The molecule has 1 saturated heterocycles. The zero-order valence-corrected chi connectivity index (χ0v) is 13.3. The molecule has 21 heavy (non-hydrogen) atoms. The zero-order chi connectivity index (χ0) is 13.9. The van der Waals surface area contributed by atoms with Gasteiger partial charge in [-0.1, -0.05) is 0 Å². The molecule has 8 heteroatoms. The highest BCUT2D eigenvalue weighted by molar-refractivity contribution is 7.99. The largest absolute Gasteiger partial charge is 0.317 e. The van der Waals surface area contributed by atoms with E-state index in [1.165, 1.54) is 24.0 Å². The summed E-state index contributed by atoms with van der Waals surface area (Å²) in [6, 6.07) is 3.05. The van der Waals surface area contributed by atoms with E-state index in [1.54, 1.807) is 6.07 Å². The molecule has 0 radical (unpaired) electrons. The van der Waals surface area contributed by atoms with Crippen molar-refractivity contribution in [3.05, 3.63) is 30.0 Å². The average molecular weight is 330 g/mol. The first-order valence-corrected chi connectivity index (χ1v) is 7.45. The summed E-state index contributed by atoms with van der Waals surface area (Å²) < 4.78 is 14.9. The number of hydrogen-bond donors (Lipinski definition) is 1. The van der Waals surface area contributed by atoms with Gasteiger partial charge in [-0.3, -0.25) is 0 Å². The van der Waals surface area contributed by atoms with E-state index in [1.807, 2.05) is 11.6 Å². The van der Waals surface area contributed by atoms with Crippen LogP contribution >= 0.6 is 24.2 Å². The van der Waals surface area contributed by atoms with Gasteiger partial charge in [0.05, 0.1) is 6.20 Å². The third-order valence-corrected chi connectivity index (χ3v) is 4.46. The highest BCUT2D eigenvalue weighted by atomic mass is 35.5. The van der Waals surface area contributed by atoms with Gasteiger partial charge in [-0.05, 0) is 49.8 Å². The van der Waals surface area contributed by atoms with Gasteiger partial charge in [0.25, 0.3) is 0 Å². The quantitative estimate of drug-likeness (QED) is 0.937. The Kier molecular flexibility index (Phi) is 5.55. The Morgan fingerprint density at radius 1 is 1.29 bits per heavy atom. The lowest BCUT2D eigenvalue weighted by Crippen LogP contribution is -2.27. The Morgan fingerprint density at radius 2 is 2.05 bits per heavy atom. The van der Waals surface area contributed by atoms with Gasteiger partial charge in [0.15, 0.2) is 5.16 Å². The fourth-order valence-corrected chi connectivity index (χ4v) is 3.11. The lowest BCUT2D eigenvalue weighted by Gasteiger charge is -2.21. The van der Waals surface area contributed by atoms with Gasteiger partial charge in [-0.2, -0.15) is 0 Å². The minimum Gasteiger partial charge on any atom is -0.317 e. The number of pyridine rings is 1. The Labute approximate surface area is 133 Å². The third-order valence-electron chi connectivity index (χ3n) is 3.47. The summed E-state index contributed by atoms with van der Waals surface area (Å²) in [4.78, 5) is 4.03. The van der Waals surface area contributed by atoms with Crippen molar-refractivity contribution in [2.45, 2.75) is 28.9 Å². The fourth-order valence-electron chi connectivity index (χ4n) is 2.37. The molecule has 0 amide bonds. The Balaban J connectivity index is 0.00000161. The SMILES string of the molecule is Cl.Cn1c(Sc2ccc(F)cn2)nnc1C1CCNCC1. The van der Waals surface area contributed by atoms with Crippen molar-refractivity contribution in [2.24, 2.45) is 7.05 Å².